The van der Waals surface area contributed by atoms with Gasteiger partial charge >= 0.3 is 5.63 Å². The minimum Gasteiger partial charge on any atom is -0.494 e. The molecule has 0 fully saturated rings. The lowest BCUT2D eigenvalue weighted by Crippen LogP contribution is -2.00. The van der Waals surface area contributed by atoms with Gasteiger partial charge in [-0.1, -0.05) is 30.3 Å². The topological polar surface area (TPSA) is 64.6 Å². The van der Waals surface area contributed by atoms with Crippen molar-refractivity contribution in [3.63, 3.8) is 0 Å². The van der Waals surface area contributed by atoms with E-state index >= 15 is 0 Å². The van der Waals surface area contributed by atoms with Crippen LogP contribution in [0.1, 0.15) is 18.2 Å². The fourth-order valence-corrected chi connectivity index (χ4v) is 3.25. The number of para-hydroxylation sites is 1. The van der Waals surface area contributed by atoms with E-state index in [0.29, 0.717) is 34.8 Å². The summed E-state index contributed by atoms with van der Waals surface area (Å²) in [7, 11) is 0. The molecule has 1 N–H and O–H groups in total. The molecule has 4 rings (SSSR count). The van der Waals surface area contributed by atoms with Crippen LogP contribution in [0.5, 0.6) is 5.75 Å². The number of hydrogen-bond donors (Lipinski definition) is 1. The Morgan fingerprint density at radius 2 is 1.75 bits per heavy atom. The fourth-order valence-electron chi connectivity index (χ4n) is 3.25. The zero-order valence-corrected chi connectivity index (χ0v) is 16.0. The van der Waals surface area contributed by atoms with E-state index in [0.717, 1.165) is 22.6 Å². The minimum atomic E-state index is -0.416. The van der Waals surface area contributed by atoms with Gasteiger partial charge in [0.25, 0.3) is 0 Å². The van der Waals surface area contributed by atoms with Crippen LogP contribution in [0.25, 0.3) is 22.1 Å². The summed E-state index contributed by atoms with van der Waals surface area (Å²) in [5.41, 5.74) is 3.58. The van der Waals surface area contributed by atoms with Gasteiger partial charge < -0.3 is 18.9 Å². The van der Waals surface area contributed by atoms with Gasteiger partial charge in [0.2, 0.25) is 5.88 Å². The van der Waals surface area contributed by atoms with E-state index in [-0.39, 0.29) is 0 Å². The normalized spacial score (nSPS) is 11.0. The molecule has 0 aliphatic carbocycles. The van der Waals surface area contributed by atoms with Crippen LogP contribution < -0.4 is 15.7 Å². The number of aryl methyl sites for hydroxylation is 2. The lowest BCUT2D eigenvalue weighted by atomic mass is 10.0. The van der Waals surface area contributed by atoms with Gasteiger partial charge in [0.05, 0.1) is 12.2 Å². The third-order valence-corrected chi connectivity index (χ3v) is 4.57. The number of benzene rings is 2. The smallest absolute Gasteiger partial charge is 0.347 e. The molecule has 5 heteroatoms. The number of furan rings is 1. The Morgan fingerprint density at radius 1 is 1.00 bits per heavy atom. The zero-order valence-electron chi connectivity index (χ0n) is 16.0. The molecule has 0 saturated carbocycles. The molecule has 2 heterocycles. The van der Waals surface area contributed by atoms with Crippen LogP contribution in [-0.4, -0.2) is 6.61 Å². The molecular formula is C23H21NO4. The van der Waals surface area contributed by atoms with Crippen molar-refractivity contribution in [1.29, 1.82) is 0 Å². The summed E-state index contributed by atoms with van der Waals surface area (Å²) < 4.78 is 16.9. The summed E-state index contributed by atoms with van der Waals surface area (Å²) in [6.45, 7) is 6.28. The first kappa shape index (κ1) is 17.9. The van der Waals surface area contributed by atoms with Gasteiger partial charge in [-0.15, -0.1) is 0 Å². The SMILES string of the molecule is CCOc1ccc(-c2c(Nc3ccccc3C)oc3cc(C)oc(=O)c23)cc1. The summed E-state index contributed by atoms with van der Waals surface area (Å²) >= 11 is 0. The molecule has 28 heavy (non-hydrogen) atoms. The van der Waals surface area contributed by atoms with E-state index < -0.39 is 5.63 Å². The largest absolute Gasteiger partial charge is 0.494 e. The number of anilines is 2. The summed E-state index contributed by atoms with van der Waals surface area (Å²) in [5.74, 6) is 1.79. The first-order chi connectivity index (χ1) is 13.6. The maximum atomic E-state index is 12.6. The molecule has 0 saturated heterocycles. The van der Waals surface area contributed by atoms with E-state index in [1.807, 2.05) is 62.4 Å². The number of fused-ring (bicyclic) bond motifs is 1. The van der Waals surface area contributed by atoms with E-state index in [9.17, 15) is 4.79 Å². The van der Waals surface area contributed by atoms with Crippen LogP contribution in [0.3, 0.4) is 0 Å². The molecule has 2 aromatic carbocycles. The molecule has 0 aliphatic rings. The van der Waals surface area contributed by atoms with E-state index in [2.05, 4.69) is 5.32 Å². The fraction of sp³-hybridized carbons (Fsp3) is 0.174. The number of rotatable bonds is 5. The second-order valence-electron chi connectivity index (χ2n) is 6.59. The maximum Gasteiger partial charge on any atom is 0.347 e. The molecule has 0 atom stereocenters. The maximum absolute atomic E-state index is 12.6. The second kappa shape index (κ2) is 7.27. The number of hydrogen-bond acceptors (Lipinski definition) is 5. The molecule has 2 aromatic heterocycles. The molecule has 0 amide bonds. The summed E-state index contributed by atoms with van der Waals surface area (Å²) in [6.07, 6.45) is 0. The van der Waals surface area contributed by atoms with Gasteiger partial charge in [0.15, 0.2) is 0 Å². The van der Waals surface area contributed by atoms with Crippen LogP contribution in [0, 0.1) is 13.8 Å². The van der Waals surface area contributed by atoms with E-state index in [4.69, 9.17) is 13.6 Å². The van der Waals surface area contributed by atoms with Gasteiger partial charge in [-0.25, -0.2) is 4.79 Å². The Bertz CT molecular complexity index is 1190. The van der Waals surface area contributed by atoms with Crippen molar-refractivity contribution >= 4 is 22.5 Å². The molecular weight excluding hydrogens is 354 g/mol. The number of nitrogens with one attached hydrogen (secondary N) is 1. The van der Waals surface area contributed by atoms with Crippen molar-refractivity contribution in [3.05, 3.63) is 76.3 Å². The Kier molecular flexibility index (Phi) is 4.65. The van der Waals surface area contributed by atoms with Gasteiger partial charge in [-0.3, -0.25) is 0 Å². The van der Waals surface area contributed by atoms with Crippen molar-refractivity contribution in [2.75, 3.05) is 11.9 Å². The van der Waals surface area contributed by atoms with Crippen molar-refractivity contribution in [3.8, 4) is 16.9 Å². The predicted octanol–water partition coefficient (Wildman–Crippen LogP) is 5.81. The van der Waals surface area contributed by atoms with Crippen LogP contribution >= 0.6 is 0 Å². The average molecular weight is 375 g/mol. The quantitative estimate of drug-likeness (QED) is 0.477. The number of ether oxygens (including phenoxy) is 1. The van der Waals surface area contributed by atoms with Crippen LogP contribution in [0.2, 0.25) is 0 Å². The Hall–Kier alpha value is -3.47. The second-order valence-corrected chi connectivity index (χ2v) is 6.59. The van der Waals surface area contributed by atoms with Crippen LogP contribution in [0.4, 0.5) is 11.6 Å². The van der Waals surface area contributed by atoms with Crippen molar-refractivity contribution in [1.82, 2.24) is 0 Å². The van der Waals surface area contributed by atoms with Crippen molar-refractivity contribution in [2.24, 2.45) is 0 Å². The monoisotopic (exact) mass is 375 g/mol. The van der Waals surface area contributed by atoms with Gasteiger partial charge in [-0.2, -0.15) is 0 Å². The molecule has 0 unspecified atom stereocenters. The van der Waals surface area contributed by atoms with Crippen molar-refractivity contribution in [2.45, 2.75) is 20.8 Å². The molecule has 0 aliphatic heterocycles. The highest BCUT2D eigenvalue weighted by Gasteiger charge is 2.21. The van der Waals surface area contributed by atoms with E-state index in [1.165, 1.54) is 0 Å². The van der Waals surface area contributed by atoms with Gasteiger partial charge in [-0.05, 0) is 50.1 Å². The lowest BCUT2D eigenvalue weighted by molar-refractivity contribution is 0.340. The zero-order chi connectivity index (χ0) is 19.7. The van der Waals surface area contributed by atoms with E-state index in [1.54, 1.807) is 13.0 Å². The molecule has 5 nitrogen and oxygen atoms in total. The molecule has 0 spiro atoms. The average Bonchev–Trinajstić information content (AvgIpc) is 3.02. The summed E-state index contributed by atoms with van der Waals surface area (Å²) in [6, 6.07) is 17.2. The predicted molar refractivity (Wildman–Crippen MR) is 111 cm³/mol. The molecule has 0 radical (unpaired) electrons. The molecule has 4 aromatic rings. The summed E-state index contributed by atoms with van der Waals surface area (Å²) in [5, 5.41) is 3.76. The summed E-state index contributed by atoms with van der Waals surface area (Å²) in [4.78, 5) is 12.6. The third kappa shape index (κ3) is 3.27. The highest BCUT2D eigenvalue weighted by molar-refractivity contribution is 6.00. The molecule has 142 valence electrons. The van der Waals surface area contributed by atoms with Crippen LogP contribution in [0.15, 0.2) is 68.2 Å². The minimum absolute atomic E-state index is 0.416. The highest BCUT2D eigenvalue weighted by atomic mass is 16.5. The third-order valence-electron chi connectivity index (χ3n) is 4.57. The molecule has 0 bridgehead atoms. The Morgan fingerprint density at radius 3 is 2.46 bits per heavy atom. The Balaban J connectivity index is 1.91. The first-order valence-electron chi connectivity index (χ1n) is 9.20. The van der Waals surface area contributed by atoms with Crippen molar-refractivity contribution < 1.29 is 13.6 Å². The van der Waals surface area contributed by atoms with Gasteiger partial charge in [0, 0.05) is 11.8 Å². The van der Waals surface area contributed by atoms with Crippen LogP contribution in [-0.2, 0) is 0 Å². The van der Waals surface area contributed by atoms with Gasteiger partial charge in [0.1, 0.15) is 22.5 Å². The Labute approximate surface area is 162 Å². The lowest BCUT2D eigenvalue weighted by Gasteiger charge is -2.09. The highest BCUT2D eigenvalue weighted by Crippen LogP contribution is 2.39. The first-order valence-corrected chi connectivity index (χ1v) is 9.20. The standard InChI is InChI=1S/C23H21NO4/c1-4-26-17-11-9-16(10-12-17)20-21-19(13-15(3)27-23(21)25)28-22(20)24-18-8-6-5-7-14(18)2/h5-13,24H,4H2,1-3H3.